The molecule has 0 saturated carbocycles. The van der Waals surface area contributed by atoms with Gasteiger partial charge in [0.25, 0.3) is 0 Å². The van der Waals surface area contributed by atoms with E-state index >= 15 is 0 Å². The molecule has 0 aliphatic heterocycles. The lowest BCUT2D eigenvalue weighted by Crippen LogP contribution is -2.02. The van der Waals surface area contributed by atoms with E-state index in [0.29, 0.717) is 0 Å². The lowest BCUT2D eigenvalue weighted by atomic mass is 9.97. The predicted molar refractivity (Wildman–Crippen MR) is 76.4 cm³/mol. The first-order valence-electron chi connectivity index (χ1n) is 5.82. The highest BCUT2D eigenvalue weighted by Gasteiger charge is 2.14. The molecule has 1 aromatic heterocycles. The van der Waals surface area contributed by atoms with E-state index in [0.717, 1.165) is 27.5 Å². The van der Waals surface area contributed by atoms with E-state index in [1.165, 1.54) is 0 Å². The summed E-state index contributed by atoms with van der Waals surface area (Å²) in [5.41, 5.74) is 2.66. The van der Waals surface area contributed by atoms with Gasteiger partial charge in [0.2, 0.25) is 0 Å². The number of hydrogen-bond donors (Lipinski definition) is 0. The van der Waals surface area contributed by atoms with Crippen molar-refractivity contribution in [3.8, 4) is 0 Å². The fourth-order valence-corrected chi connectivity index (χ4v) is 2.99. The largest absolute Gasteiger partial charge is 0.289 e. The molecule has 0 spiro atoms. The van der Waals surface area contributed by atoms with Gasteiger partial charge in [-0.1, -0.05) is 42.5 Å². The zero-order valence-electron chi connectivity index (χ0n) is 10.0. The first-order chi connectivity index (χ1) is 8.77. The molecule has 2 heteroatoms. The highest BCUT2D eigenvalue weighted by atomic mass is 32.1. The molecular weight excluding hydrogens is 240 g/mol. The first kappa shape index (κ1) is 11.2. The normalized spacial score (nSPS) is 10.7. The Kier molecular flexibility index (Phi) is 2.73. The summed E-state index contributed by atoms with van der Waals surface area (Å²) >= 11 is 1.57. The van der Waals surface area contributed by atoms with E-state index in [1.54, 1.807) is 11.3 Å². The number of carbonyl (C=O) groups is 1. The Balaban J connectivity index is 2.21. The molecule has 0 aliphatic rings. The number of carbonyl (C=O) groups excluding carboxylic acids is 1. The number of fused-ring (bicyclic) bond motifs is 1. The number of aryl methyl sites for hydroxylation is 1. The van der Waals surface area contributed by atoms with Gasteiger partial charge in [0, 0.05) is 16.5 Å². The van der Waals surface area contributed by atoms with Crippen LogP contribution in [0.25, 0.3) is 10.8 Å². The van der Waals surface area contributed by atoms with Crippen molar-refractivity contribution in [3.63, 3.8) is 0 Å². The molecule has 3 rings (SSSR count). The fourth-order valence-electron chi connectivity index (χ4n) is 2.16. The van der Waals surface area contributed by atoms with E-state index < -0.39 is 0 Å². The monoisotopic (exact) mass is 252 g/mol. The van der Waals surface area contributed by atoms with Crippen LogP contribution < -0.4 is 0 Å². The van der Waals surface area contributed by atoms with E-state index in [9.17, 15) is 4.79 Å². The van der Waals surface area contributed by atoms with Crippen molar-refractivity contribution in [1.82, 2.24) is 0 Å². The SMILES string of the molecule is Cc1cscc1C(=O)c1cccc2ccccc12. The zero-order chi connectivity index (χ0) is 12.5. The molecule has 1 heterocycles. The molecule has 0 unspecified atom stereocenters. The van der Waals surface area contributed by atoms with E-state index in [-0.39, 0.29) is 5.78 Å². The molecule has 1 nitrogen and oxygen atoms in total. The first-order valence-corrected chi connectivity index (χ1v) is 6.77. The lowest BCUT2D eigenvalue weighted by molar-refractivity contribution is 0.104. The number of ketones is 1. The average Bonchev–Trinajstić information content (AvgIpc) is 2.83. The van der Waals surface area contributed by atoms with E-state index in [1.807, 2.05) is 60.1 Å². The summed E-state index contributed by atoms with van der Waals surface area (Å²) in [5, 5.41) is 6.07. The number of rotatable bonds is 2. The summed E-state index contributed by atoms with van der Waals surface area (Å²) in [7, 11) is 0. The third-order valence-corrected chi connectivity index (χ3v) is 4.00. The molecule has 0 radical (unpaired) electrons. The maximum Gasteiger partial charge on any atom is 0.194 e. The summed E-state index contributed by atoms with van der Waals surface area (Å²) in [4.78, 5) is 12.5. The van der Waals surface area contributed by atoms with Gasteiger partial charge in [-0.25, -0.2) is 0 Å². The third-order valence-electron chi connectivity index (χ3n) is 3.13. The van der Waals surface area contributed by atoms with Gasteiger partial charge < -0.3 is 0 Å². The average molecular weight is 252 g/mol. The molecular formula is C16H12OS. The summed E-state index contributed by atoms with van der Waals surface area (Å²) < 4.78 is 0. The Morgan fingerprint density at radius 2 is 1.72 bits per heavy atom. The Labute approximate surface area is 110 Å². The molecule has 0 atom stereocenters. The molecule has 0 amide bonds. The van der Waals surface area contributed by atoms with Crippen molar-refractivity contribution in [3.05, 3.63) is 69.9 Å². The van der Waals surface area contributed by atoms with Crippen molar-refractivity contribution in [2.75, 3.05) is 0 Å². The lowest BCUT2D eigenvalue weighted by Gasteiger charge is -2.05. The molecule has 0 fully saturated rings. The van der Waals surface area contributed by atoms with Gasteiger partial charge in [0.15, 0.2) is 5.78 Å². The van der Waals surface area contributed by atoms with Gasteiger partial charge in [0.1, 0.15) is 0 Å². The quantitative estimate of drug-likeness (QED) is 0.616. The van der Waals surface area contributed by atoms with Gasteiger partial charge in [-0.3, -0.25) is 4.79 Å². The van der Waals surface area contributed by atoms with Crippen LogP contribution in [0.3, 0.4) is 0 Å². The summed E-state index contributed by atoms with van der Waals surface area (Å²) in [6.45, 7) is 1.98. The summed E-state index contributed by atoms with van der Waals surface area (Å²) in [6, 6.07) is 13.9. The van der Waals surface area contributed by atoms with E-state index in [4.69, 9.17) is 0 Å². The fraction of sp³-hybridized carbons (Fsp3) is 0.0625. The van der Waals surface area contributed by atoms with Crippen molar-refractivity contribution in [1.29, 1.82) is 0 Å². The molecule has 0 bridgehead atoms. The third kappa shape index (κ3) is 1.75. The second kappa shape index (κ2) is 4.39. The topological polar surface area (TPSA) is 17.1 Å². The maximum atomic E-state index is 12.5. The molecule has 0 N–H and O–H groups in total. The van der Waals surface area contributed by atoms with Crippen molar-refractivity contribution < 1.29 is 4.79 Å². The van der Waals surface area contributed by atoms with E-state index in [2.05, 4.69) is 0 Å². The highest BCUT2D eigenvalue weighted by Crippen LogP contribution is 2.24. The maximum absolute atomic E-state index is 12.5. The molecule has 0 aliphatic carbocycles. The Morgan fingerprint density at radius 1 is 0.944 bits per heavy atom. The Bertz CT molecular complexity index is 719. The van der Waals surface area contributed by atoms with Crippen LogP contribution in [-0.2, 0) is 0 Å². The Morgan fingerprint density at radius 3 is 2.50 bits per heavy atom. The molecule has 88 valence electrons. The summed E-state index contributed by atoms with van der Waals surface area (Å²) in [5.74, 6) is 0.116. The standard InChI is InChI=1S/C16H12OS/c1-11-9-18-10-15(11)16(17)14-8-4-6-12-5-2-3-7-13(12)14/h2-10H,1H3. The summed E-state index contributed by atoms with van der Waals surface area (Å²) in [6.07, 6.45) is 0. The minimum Gasteiger partial charge on any atom is -0.289 e. The van der Waals surface area contributed by atoms with Crippen LogP contribution in [0.15, 0.2) is 53.2 Å². The van der Waals surface area contributed by atoms with Crippen LogP contribution >= 0.6 is 11.3 Å². The van der Waals surface area contributed by atoms with Crippen LogP contribution in [-0.4, -0.2) is 5.78 Å². The van der Waals surface area contributed by atoms with Gasteiger partial charge in [0.05, 0.1) is 0 Å². The molecule has 3 aromatic rings. The van der Waals surface area contributed by atoms with Gasteiger partial charge in [-0.15, -0.1) is 0 Å². The Hall–Kier alpha value is -1.93. The van der Waals surface area contributed by atoms with Gasteiger partial charge in [-0.2, -0.15) is 11.3 Å². The number of thiophene rings is 1. The molecule has 2 aromatic carbocycles. The number of hydrogen-bond acceptors (Lipinski definition) is 2. The van der Waals surface area contributed by atoms with Crippen LogP contribution in [0.1, 0.15) is 21.5 Å². The second-order valence-corrected chi connectivity index (χ2v) is 5.07. The smallest absolute Gasteiger partial charge is 0.194 e. The van der Waals surface area contributed by atoms with Crippen molar-refractivity contribution >= 4 is 27.9 Å². The van der Waals surface area contributed by atoms with Gasteiger partial charge >= 0.3 is 0 Å². The minimum atomic E-state index is 0.116. The zero-order valence-corrected chi connectivity index (χ0v) is 10.8. The van der Waals surface area contributed by atoms with Crippen LogP contribution in [0, 0.1) is 6.92 Å². The van der Waals surface area contributed by atoms with Crippen molar-refractivity contribution in [2.45, 2.75) is 6.92 Å². The highest BCUT2D eigenvalue weighted by molar-refractivity contribution is 7.08. The molecule has 18 heavy (non-hydrogen) atoms. The van der Waals surface area contributed by atoms with Crippen LogP contribution in [0.2, 0.25) is 0 Å². The second-order valence-electron chi connectivity index (χ2n) is 4.32. The number of benzene rings is 2. The van der Waals surface area contributed by atoms with Crippen molar-refractivity contribution in [2.24, 2.45) is 0 Å². The minimum absolute atomic E-state index is 0.116. The van der Waals surface area contributed by atoms with Crippen LogP contribution in [0.4, 0.5) is 0 Å². The predicted octanol–water partition coefficient (Wildman–Crippen LogP) is 4.44. The van der Waals surface area contributed by atoms with Gasteiger partial charge in [-0.05, 0) is 28.6 Å². The van der Waals surface area contributed by atoms with Crippen LogP contribution in [0.5, 0.6) is 0 Å². The molecule has 0 saturated heterocycles.